The van der Waals surface area contributed by atoms with Crippen LogP contribution < -0.4 is 0 Å². The summed E-state index contributed by atoms with van der Waals surface area (Å²) in [6, 6.07) is 25.7. The second-order valence-electron chi connectivity index (χ2n) is 6.32. The first-order chi connectivity index (χ1) is 11.5. The fourth-order valence-electron chi connectivity index (χ4n) is 2.61. The smallest absolute Gasteiger partial charge is 0.0579 e. The maximum atomic E-state index is 2.20. The Morgan fingerprint density at radius 1 is 0.692 bits per heavy atom. The van der Waals surface area contributed by atoms with E-state index in [1.165, 1.54) is 56.6 Å². The third kappa shape index (κ3) is 8.12. The first-order valence-electron chi connectivity index (χ1n) is 8.21. The van der Waals surface area contributed by atoms with E-state index in [1.54, 1.807) is 3.26 Å². The van der Waals surface area contributed by atoms with Crippen molar-refractivity contribution in [3.63, 3.8) is 0 Å². The zero-order valence-corrected chi connectivity index (χ0v) is 21.0. The number of fused-ring (bicyclic) bond motifs is 2. The molecule has 0 saturated carbocycles. The molecule has 0 aliphatic carbocycles. The molecular formula is C23H26Cl2Hf. The molecule has 0 radical (unpaired) electrons. The fourth-order valence-corrected chi connectivity index (χ4v) is 2.61. The van der Waals surface area contributed by atoms with Gasteiger partial charge in [-0.25, -0.2) is 0 Å². The van der Waals surface area contributed by atoms with Gasteiger partial charge in [-0.3, -0.25) is 0 Å². The quantitative estimate of drug-likeness (QED) is 0.159. The minimum atomic E-state index is 0. The van der Waals surface area contributed by atoms with E-state index in [1.807, 2.05) is 0 Å². The van der Waals surface area contributed by atoms with Gasteiger partial charge in [-0.15, -0.1) is 106 Å². The largest absolute Gasteiger partial charge is 0.165 e. The maximum absolute atomic E-state index is 2.20. The van der Waals surface area contributed by atoms with Crippen molar-refractivity contribution in [3.8, 4) is 0 Å². The standard InChI is InChI=1S/2C10H9.C3H6.2ClH.Hf/c2*1-8-6-9-4-2-3-5-10(9)7-8;1-3-2;;;/h2*2-7H,1H3;1-2H3;2*1H;/q2*-1;;;;+2. The third-order valence-corrected chi connectivity index (χ3v) is 3.52. The number of hydrogen-bond donors (Lipinski definition) is 0. The molecule has 26 heavy (non-hydrogen) atoms. The summed E-state index contributed by atoms with van der Waals surface area (Å²) in [7, 11) is 0. The van der Waals surface area contributed by atoms with E-state index >= 15 is 0 Å². The molecule has 0 bridgehead atoms. The molecule has 136 valence electrons. The van der Waals surface area contributed by atoms with Crippen molar-refractivity contribution in [3.05, 3.63) is 83.9 Å². The van der Waals surface area contributed by atoms with Crippen LogP contribution in [-0.4, -0.2) is 3.26 Å². The fraction of sp³-hybridized carbons (Fsp3) is 0.174. The van der Waals surface area contributed by atoms with Crippen LogP contribution >= 0.6 is 24.8 Å². The number of halogens is 2. The minimum absolute atomic E-state index is 0. The predicted molar refractivity (Wildman–Crippen MR) is 119 cm³/mol. The van der Waals surface area contributed by atoms with E-state index in [2.05, 4.69) is 100 Å². The molecule has 0 saturated heterocycles. The first kappa shape index (κ1) is 25.0. The molecule has 0 amide bonds. The van der Waals surface area contributed by atoms with Crippen LogP contribution in [0.4, 0.5) is 0 Å². The van der Waals surface area contributed by atoms with Gasteiger partial charge in [-0.2, -0.15) is 12.1 Å². The second kappa shape index (κ2) is 12.4. The molecule has 3 heteroatoms. The monoisotopic (exact) mass is 552 g/mol. The van der Waals surface area contributed by atoms with Gasteiger partial charge in [0.1, 0.15) is 0 Å². The molecule has 0 nitrogen and oxygen atoms in total. The van der Waals surface area contributed by atoms with E-state index in [-0.39, 0.29) is 24.8 Å². The van der Waals surface area contributed by atoms with Crippen molar-refractivity contribution in [2.24, 2.45) is 0 Å². The van der Waals surface area contributed by atoms with E-state index in [0.29, 0.717) is 0 Å². The van der Waals surface area contributed by atoms with Gasteiger partial charge in [0.05, 0.1) is 0 Å². The van der Waals surface area contributed by atoms with Crippen LogP contribution in [0, 0.1) is 13.8 Å². The van der Waals surface area contributed by atoms with Crippen molar-refractivity contribution < 1.29 is 23.9 Å². The Kier molecular flexibility index (Phi) is 11.9. The molecule has 0 aliphatic rings. The van der Waals surface area contributed by atoms with Crippen LogP contribution in [-0.2, 0) is 23.9 Å². The van der Waals surface area contributed by atoms with Gasteiger partial charge in [-0.05, 0) is 0 Å². The number of benzene rings is 2. The number of hydrogen-bond acceptors (Lipinski definition) is 0. The van der Waals surface area contributed by atoms with Crippen molar-refractivity contribution in [1.82, 2.24) is 0 Å². The molecule has 0 aromatic heterocycles. The second-order valence-corrected chi connectivity index (χ2v) is 9.92. The molecule has 0 heterocycles. The zero-order chi connectivity index (χ0) is 17.5. The van der Waals surface area contributed by atoms with Crippen molar-refractivity contribution in [2.45, 2.75) is 27.7 Å². The molecule has 4 aromatic carbocycles. The Morgan fingerprint density at radius 3 is 1.31 bits per heavy atom. The summed E-state index contributed by atoms with van der Waals surface area (Å²) in [6.07, 6.45) is 0. The Hall–Kier alpha value is -1.02. The van der Waals surface area contributed by atoms with Crippen LogP contribution in [0.15, 0.2) is 72.8 Å². The van der Waals surface area contributed by atoms with Gasteiger partial charge in [-0.1, -0.05) is 26.0 Å². The first-order valence-corrected chi connectivity index (χ1v) is 10.0. The van der Waals surface area contributed by atoms with Gasteiger partial charge < -0.3 is 0 Å². The molecule has 0 N–H and O–H groups in total. The van der Waals surface area contributed by atoms with Crippen molar-refractivity contribution in [2.75, 3.05) is 0 Å². The summed E-state index contributed by atoms with van der Waals surface area (Å²) in [5, 5.41) is 5.39. The van der Waals surface area contributed by atoms with Gasteiger partial charge in [0.2, 0.25) is 0 Å². The Morgan fingerprint density at radius 2 is 1.00 bits per heavy atom. The zero-order valence-electron chi connectivity index (χ0n) is 15.7. The average Bonchev–Trinajstić information content (AvgIpc) is 3.07. The molecule has 0 fully saturated rings. The summed E-state index contributed by atoms with van der Waals surface area (Å²) in [6.45, 7) is 8.54. The summed E-state index contributed by atoms with van der Waals surface area (Å²) >= 11 is 1.27. The van der Waals surface area contributed by atoms with Crippen LogP contribution in [0.2, 0.25) is 0 Å². The van der Waals surface area contributed by atoms with Gasteiger partial charge >= 0.3 is 41.0 Å². The maximum Gasteiger partial charge on any atom is -0.0579 e. The van der Waals surface area contributed by atoms with E-state index in [4.69, 9.17) is 0 Å². The summed E-state index contributed by atoms with van der Waals surface area (Å²) in [5.41, 5.74) is 2.70. The van der Waals surface area contributed by atoms with Crippen molar-refractivity contribution in [1.29, 1.82) is 0 Å². The number of aryl methyl sites for hydroxylation is 2. The van der Waals surface area contributed by atoms with Crippen LogP contribution in [0.3, 0.4) is 0 Å². The molecule has 4 aromatic rings. The van der Waals surface area contributed by atoms with E-state index in [0.717, 1.165) is 0 Å². The summed E-state index contributed by atoms with van der Waals surface area (Å²) in [4.78, 5) is 0. The topological polar surface area (TPSA) is 0 Å². The Bertz CT molecular complexity index is 789. The average molecular weight is 552 g/mol. The number of rotatable bonds is 0. The molecule has 0 unspecified atom stereocenters. The van der Waals surface area contributed by atoms with Gasteiger partial charge in [0.15, 0.2) is 0 Å². The van der Waals surface area contributed by atoms with E-state index in [9.17, 15) is 0 Å². The molecule has 0 atom stereocenters. The molecule has 4 rings (SSSR count). The Labute approximate surface area is 184 Å². The summed E-state index contributed by atoms with van der Waals surface area (Å²) in [5.74, 6) is 0. The molecule has 0 spiro atoms. The van der Waals surface area contributed by atoms with Gasteiger partial charge in [0.25, 0.3) is 0 Å². The predicted octanol–water partition coefficient (Wildman–Crippen LogP) is 7.32. The van der Waals surface area contributed by atoms with Gasteiger partial charge in [0, 0.05) is 0 Å². The SMILES string of the molecule is C[C](C)=[Hf+2].Cc1cc2ccccc2[cH-]1.Cc1cc2ccccc2[cH-]1.Cl.Cl. The van der Waals surface area contributed by atoms with Crippen LogP contribution in [0.1, 0.15) is 25.0 Å². The normalized spacial score (nSPS) is 9.15. The minimum Gasteiger partial charge on any atom is -0.165 e. The Balaban J connectivity index is 0.000000378. The van der Waals surface area contributed by atoms with Crippen molar-refractivity contribution >= 4 is 49.6 Å². The third-order valence-electron chi connectivity index (χ3n) is 3.52. The van der Waals surface area contributed by atoms with E-state index < -0.39 is 0 Å². The summed E-state index contributed by atoms with van der Waals surface area (Å²) < 4.78 is 1.56. The van der Waals surface area contributed by atoms with Crippen LogP contribution in [0.5, 0.6) is 0 Å². The van der Waals surface area contributed by atoms with Crippen LogP contribution in [0.25, 0.3) is 21.5 Å². The molecular weight excluding hydrogens is 526 g/mol. The molecule has 0 aliphatic heterocycles.